The average Bonchev–Trinajstić information content (AvgIpc) is 3.48. The second-order valence-electron chi connectivity index (χ2n) is 9.08. The van der Waals surface area contributed by atoms with Crippen LogP contribution in [0.15, 0.2) is 30.5 Å². The normalized spacial score (nSPS) is 18.6. The van der Waals surface area contributed by atoms with Crippen LogP contribution in [-0.4, -0.2) is 91.7 Å². The minimum absolute atomic E-state index is 0.133. The molecule has 1 aromatic carbocycles. The van der Waals surface area contributed by atoms with Crippen molar-refractivity contribution < 1.29 is 39.3 Å². The highest BCUT2D eigenvalue weighted by Crippen LogP contribution is 2.21. The third-order valence-electron chi connectivity index (χ3n) is 6.33. The molecule has 0 aliphatic carbocycles. The van der Waals surface area contributed by atoms with E-state index in [4.69, 9.17) is 10.8 Å². The molecule has 1 aliphatic rings. The summed E-state index contributed by atoms with van der Waals surface area (Å²) in [6.07, 6.45) is 0.392. The fourth-order valence-electron chi connectivity index (χ4n) is 4.40. The summed E-state index contributed by atoms with van der Waals surface area (Å²) in [7, 11) is 0. The molecule has 3 amide bonds. The Morgan fingerprint density at radius 1 is 1.16 bits per heavy atom. The molecule has 0 spiro atoms. The summed E-state index contributed by atoms with van der Waals surface area (Å²) in [4.78, 5) is 65.3. The smallest absolute Gasteiger partial charge is 0.326 e. The van der Waals surface area contributed by atoms with Crippen molar-refractivity contribution in [3.8, 4) is 0 Å². The Hall–Kier alpha value is -3.97. The van der Waals surface area contributed by atoms with Crippen LogP contribution in [0.25, 0.3) is 10.9 Å². The molecule has 0 saturated carbocycles. The average molecular weight is 518 g/mol. The lowest BCUT2D eigenvalue weighted by molar-refractivity contribution is -0.149. The molecule has 1 fully saturated rings. The van der Waals surface area contributed by atoms with Gasteiger partial charge in [0.15, 0.2) is 0 Å². The number of nitrogens with zero attached hydrogens (tertiary/aromatic N) is 1. The number of carbonyl (C=O) groups is 5. The lowest BCUT2D eigenvalue weighted by Crippen LogP contribution is -2.59. The van der Waals surface area contributed by atoms with E-state index in [1.807, 2.05) is 24.3 Å². The van der Waals surface area contributed by atoms with Gasteiger partial charge in [0.25, 0.3) is 0 Å². The van der Waals surface area contributed by atoms with Crippen molar-refractivity contribution in [1.29, 1.82) is 0 Å². The highest BCUT2D eigenvalue weighted by Gasteiger charge is 2.40. The number of carbonyl (C=O) groups excluding carboxylic acids is 3. The lowest BCUT2D eigenvalue weighted by atomic mass is 10.0. The number of likely N-dealkylation sites (tertiary alicyclic amines) is 1. The van der Waals surface area contributed by atoms with Gasteiger partial charge in [0.1, 0.15) is 18.1 Å². The number of aliphatic carboxylic acids is 2. The number of carboxylic acid groups (broad SMARTS) is 2. The summed E-state index contributed by atoms with van der Waals surface area (Å²) in [5.41, 5.74) is 7.79. The molecule has 1 saturated heterocycles. The summed E-state index contributed by atoms with van der Waals surface area (Å²) < 4.78 is 0. The number of aromatic amines is 1. The Kier molecular flexibility index (Phi) is 8.84. The quantitative estimate of drug-likeness (QED) is 0.193. The van der Waals surface area contributed by atoms with Crippen molar-refractivity contribution in [3.63, 3.8) is 0 Å². The van der Waals surface area contributed by atoms with Crippen LogP contribution in [0.4, 0.5) is 0 Å². The van der Waals surface area contributed by atoms with E-state index in [0.717, 1.165) is 21.4 Å². The van der Waals surface area contributed by atoms with Gasteiger partial charge in [-0.2, -0.15) is 0 Å². The van der Waals surface area contributed by atoms with Crippen molar-refractivity contribution in [3.05, 3.63) is 36.0 Å². The van der Waals surface area contributed by atoms with Gasteiger partial charge in [-0.15, -0.1) is 0 Å². The lowest BCUT2D eigenvalue weighted by Gasteiger charge is -2.31. The van der Waals surface area contributed by atoms with E-state index >= 15 is 0 Å². The fourth-order valence-corrected chi connectivity index (χ4v) is 4.40. The Bertz CT molecular complexity index is 1180. The van der Waals surface area contributed by atoms with Crippen LogP contribution < -0.4 is 16.4 Å². The number of aliphatic hydroxyl groups excluding tert-OH is 1. The van der Waals surface area contributed by atoms with E-state index in [9.17, 15) is 34.2 Å². The first-order valence-corrected chi connectivity index (χ1v) is 11.8. The summed E-state index contributed by atoms with van der Waals surface area (Å²) in [6, 6.07) is 2.32. The van der Waals surface area contributed by atoms with Crippen molar-refractivity contribution >= 4 is 40.6 Å². The highest BCUT2D eigenvalue weighted by atomic mass is 16.4. The number of H-pyrrole nitrogens is 1. The van der Waals surface area contributed by atoms with E-state index in [1.54, 1.807) is 6.20 Å². The van der Waals surface area contributed by atoms with Gasteiger partial charge in [-0.25, -0.2) is 4.79 Å². The standard InChI is InChI=1S/C24H31N5O8/c1-12(30)20(28-21(33)15(25)9-13-11-26-16-6-3-2-5-14(13)16)23(35)29-8-4-7-18(29)22(34)27-17(24(36)37)10-19(31)32/h2-3,5-6,11-12,15,17-18,20,26,30H,4,7-10,25H2,1H3,(H,27,34)(H,28,33)(H,31,32)(H,36,37). The number of hydrogen-bond donors (Lipinski definition) is 7. The van der Waals surface area contributed by atoms with Crippen molar-refractivity contribution in [2.75, 3.05) is 6.54 Å². The topological polar surface area (TPSA) is 215 Å². The molecule has 3 rings (SSSR count). The molecule has 200 valence electrons. The first-order chi connectivity index (χ1) is 17.5. The van der Waals surface area contributed by atoms with E-state index in [-0.39, 0.29) is 19.4 Å². The second kappa shape index (κ2) is 11.8. The molecule has 13 heteroatoms. The van der Waals surface area contributed by atoms with Gasteiger partial charge in [-0.1, -0.05) is 18.2 Å². The number of rotatable bonds is 11. The van der Waals surface area contributed by atoms with Crippen molar-refractivity contribution in [2.24, 2.45) is 5.73 Å². The molecule has 5 atom stereocenters. The molecule has 37 heavy (non-hydrogen) atoms. The third-order valence-corrected chi connectivity index (χ3v) is 6.33. The Balaban J connectivity index is 1.68. The zero-order chi connectivity index (χ0) is 27.3. The molecule has 5 unspecified atom stereocenters. The predicted molar refractivity (Wildman–Crippen MR) is 130 cm³/mol. The molecule has 0 bridgehead atoms. The molecule has 8 N–H and O–H groups in total. The molecule has 13 nitrogen and oxygen atoms in total. The number of amides is 3. The molecule has 2 aromatic rings. The molecular weight excluding hydrogens is 486 g/mol. The van der Waals surface area contributed by atoms with E-state index in [0.29, 0.717) is 6.42 Å². The van der Waals surface area contributed by atoms with E-state index < -0.39 is 66.4 Å². The third kappa shape index (κ3) is 6.62. The van der Waals surface area contributed by atoms with Gasteiger partial charge in [0.2, 0.25) is 17.7 Å². The number of nitrogens with one attached hydrogen (secondary N) is 3. The number of carboxylic acids is 2. The first kappa shape index (κ1) is 27.6. The number of benzene rings is 1. The van der Waals surface area contributed by atoms with Gasteiger partial charge in [-0.05, 0) is 37.8 Å². The van der Waals surface area contributed by atoms with Crippen LogP contribution in [0.2, 0.25) is 0 Å². The number of hydrogen-bond acceptors (Lipinski definition) is 7. The van der Waals surface area contributed by atoms with Crippen molar-refractivity contribution in [2.45, 2.75) is 62.9 Å². The van der Waals surface area contributed by atoms with Gasteiger partial charge in [0.05, 0.1) is 18.6 Å². The minimum atomic E-state index is -1.67. The Morgan fingerprint density at radius 3 is 2.51 bits per heavy atom. The maximum absolute atomic E-state index is 13.3. The monoisotopic (exact) mass is 517 g/mol. The maximum atomic E-state index is 13.3. The second-order valence-corrected chi connectivity index (χ2v) is 9.08. The van der Waals surface area contributed by atoms with Gasteiger partial charge in [0, 0.05) is 23.6 Å². The summed E-state index contributed by atoms with van der Waals surface area (Å²) >= 11 is 0. The van der Waals surface area contributed by atoms with Gasteiger partial charge >= 0.3 is 11.9 Å². The number of para-hydroxylation sites is 1. The zero-order valence-corrected chi connectivity index (χ0v) is 20.2. The van der Waals surface area contributed by atoms with Gasteiger partial charge < -0.3 is 41.6 Å². The minimum Gasteiger partial charge on any atom is -0.481 e. The summed E-state index contributed by atoms with van der Waals surface area (Å²) in [5, 5.41) is 33.9. The van der Waals surface area contributed by atoms with Crippen LogP contribution in [-0.2, 0) is 30.4 Å². The first-order valence-electron chi connectivity index (χ1n) is 11.8. The Morgan fingerprint density at radius 2 is 1.86 bits per heavy atom. The Labute approximate surface area is 212 Å². The summed E-state index contributed by atoms with van der Waals surface area (Å²) in [6.45, 7) is 1.45. The van der Waals surface area contributed by atoms with Crippen LogP contribution in [0, 0.1) is 0 Å². The SMILES string of the molecule is CC(O)C(NC(=O)C(N)Cc1c[nH]c2ccccc12)C(=O)N1CCCC1C(=O)NC(CC(=O)O)C(=O)O. The number of aromatic nitrogens is 1. The molecule has 0 radical (unpaired) electrons. The largest absolute Gasteiger partial charge is 0.481 e. The maximum Gasteiger partial charge on any atom is 0.326 e. The van der Waals surface area contributed by atoms with Crippen LogP contribution in [0.1, 0.15) is 31.7 Å². The molecule has 2 heterocycles. The zero-order valence-electron chi connectivity index (χ0n) is 20.2. The number of aliphatic hydroxyl groups is 1. The van der Waals surface area contributed by atoms with Crippen LogP contribution >= 0.6 is 0 Å². The van der Waals surface area contributed by atoms with Crippen molar-refractivity contribution in [1.82, 2.24) is 20.5 Å². The van der Waals surface area contributed by atoms with Gasteiger partial charge in [-0.3, -0.25) is 19.2 Å². The number of nitrogens with two attached hydrogens (primary N) is 1. The highest BCUT2D eigenvalue weighted by molar-refractivity contribution is 5.95. The summed E-state index contributed by atoms with van der Waals surface area (Å²) in [5.74, 6) is -5.16. The number of fused-ring (bicyclic) bond motifs is 1. The van der Waals surface area contributed by atoms with Crippen LogP contribution in [0.5, 0.6) is 0 Å². The van der Waals surface area contributed by atoms with E-state index in [2.05, 4.69) is 15.6 Å². The molecule has 1 aromatic heterocycles. The van der Waals surface area contributed by atoms with Crippen LogP contribution in [0.3, 0.4) is 0 Å². The fraction of sp³-hybridized carbons (Fsp3) is 0.458. The predicted octanol–water partition coefficient (Wildman–Crippen LogP) is -1.06. The van der Waals surface area contributed by atoms with E-state index in [1.165, 1.54) is 6.92 Å². The molecule has 1 aliphatic heterocycles. The molecular formula is C24H31N5O8.